The fourth-order valence-corrected chi connectivity index (χ4v) is 2.83. The molecule has 0 atom stereocenters. The molecule has 2 heterocycles. The molecule has 0 aliphatic heterocycles. The first-order valence-electron chi connectivity index (χ1n) is 8.69. The summed E-state index contributed by atoms with van der Waals surface area (Å²) in [6.07, 6.45) is 1.42. The van der Waals surface area contributed by atoms with Crippen molar-refractivity contribution in [3.8, 4) is 22.8 Å². The molecule has 4 aromatic rings. The molecule has 3 N–H and O–H groups in total. The number of nitrogens with zero attached hydrogens (tertiary/aromatic N) is 2. The first kappa shape index (κ1) is 17.4. The highest BCUT2D eigenvalue weighted by Gasteiger charge is 2.11. The minimum Gasteiger partial charge on any atom is -0.328 e. The average Bonchev–Trinajstić information content (AvgIpc) is 3.19. The number of anilines is 1. The Morgan fingerprint density at radius 1 is 1.00 bits per heavy atom. The van der Waals surface area contributed by atoms with Crippen molar-refractivity contribution in [2.75, 3.05) is 5.32 Å². The van der Waals surface area contributed by atoms with E-state index in [1.54, 1.807) is 19.1 Å². The van der Waals surface area contributed by atoms with Crippen LogP contribution in [0.3, 0.4) is 0 Å². The number of benzene rings is 2. The second-order valence-electron chi connectivity index (χ2n) is 6.30. The molecule has 28 heavy (non-hydrogen) atoms. The van der Waals surface area contributed by atoms with Crippen molar-refractivity contribution < 1.29 is 4.79 Å². The maximum absolute atomic E-state index is 12.4. The molecule has 2 aromatic carbocycles. The molecular weight excluding hydrogens is 354 g/mol. The highest BCUT2D eigenvalue weighted by Crippen LogP contribution is 2.21. The van der Waals surface area contributed by atoms with Crippen LogP contribution in [0.15, 0.2) is 71.7 Å². The Morgan fingerprint density at radius 2 is 1.75 bits per heavy atom. The Bertz CT molecular complexity index is 1180. The molecule has 4 rings (SSSR count). The van der Waals surface area contributed by atoms with Crippen LogP contribution >= 0.6 is 0 Å². The maximum Gasteiger partial charge on any atom is 0.257 e. The number of hydrogen-bond donors (Lipinski definition) is 3. The third-order valence-electron chi connectivity index (χ3n) is 4.31. The van der Waals surface area contributed by atoms with Gasteiger partial charge in [-0.15, -0.1) is 0 Å². The number of rotatable bonds is 4. The molecule has 2 aromatic heterocycles. The molecule has 0 saturated heterocycles. The van der Waals surface area contributed by atoms with E-state index in [-0.39, 0.29) is 11.5 Å². The van der Waals surface area contributed by atoms with Gasteiger partial charge in [0.15, 0.2) is 11.6 Å². The SMILES string of the molecule is Cc1cc(=O)[nH]cc1C(=O)Nc1ccc(-c2nc(-c3ccccc3)n[nH]2)cc1. The number of aromatic nitrogens is 4. The predicted molar refractivity (Wildman–Crippen MR) is 107 cm³/mol. The lowest BCUT2D eigenvalue weighted by atomic mass is 10.1. The number of aryl methyl sites for hydroxylation is 1. The molecular formula is C21H17N5O2. The zero-order valence-corrected chi connectivity index (χ0v) is 15.1. The van der Waals surface area contributed by atoms with E-state index in [1.807, 2.05) is 42.5 Å². The lowest BCUT2D eigenvalue weighted by molar-refractivity contribution is 0.102. The second-order valence-corrected chi connectivity index (χ2v) is 6.30. The van der Waals surface area contributed by atoms with Gasteiger partial charge in [0.25, 0.3) is 5.91 Å². The Balaban J connectivity index is 1.51. The van der Waals surface area contributed by atoms with Crippen LogP contribution in [-0.2, 0) is 0 Å². The Kier molecular flexibility index (Phi) is 4.55. The van der Waals surface area contributed by atoms with Crippen LogP contribution in [0.4, 0.5) is 5.69 Å². The highest BCUT2D eigenvalue weighted by atomic mass is 16.1. The normalized spacial score (nSPS) is 10.6. The van der Waals surface area contributed by atoms with Crippen molar-refractivity contribution in [1.29, 1.82) is 0 Å². The van der Waals surface area contributed by atoms with E-state index >= 15 is 0 Å². The van der Waals surface area contributed by atoms with Crippen molar-refractivity contribution in [3.05, 3.63) is 88.3 Å². The summed E-state index contributed by atoms with van der Waals surface area (Å²) in [6.45, 7) is 1.72. The average molecular weight is 371 g/mol. The van der Waals surface area contributed by atoms with E-state index in [9.17, 15) is 9.59 Å². The molecule has 7 nitrogen and oxygen atoms in total. The Hall–Kier alpha value is -4.00. The van der Waals surface area contributed by atoms with Gasteiger partial charge in [-0.2, -0.15) is 5.10 Å². The first-order chi connectivity index (χ1) is 13.6. The summed E-state index contributed by atoms with van der Waals surface area (Å²) >= 11 is 0. The summed E-state index contributed by atoms with van der Waals surface area (Å²) in [6, 6.07) is 18.4. The predicted octanol–water partition coefficient (Wildman–Crippen LogP) is 3.39. The Labute approximate surface area is 160 Å². The van der Waals surface area contributed by atoms with Crippen molar-refractivity contribution in [2.24, 2.45) is 0 Å². The van der Waals surface area contributed by atoms with Gasteiger partial charge < -0.3 is 10.3 Å². The van der Waals surface area contributed by atoms with Crippen molar-refractivity contribution in [2.45, 2.75) is 6.92 Å². The van der Waals surface area contributed by atoms with Gasteiger partial charge in [-0.1, -0.05) is 30.3 Å². The van der Waals surface area contributed by atoms with Crippen LogP contribution in [0.1, 0.15) is 15.9 Å². The summed E-state index contributed by atoms with van der Waals surface area (Å²) in [4.78, 5) is 30.7. The number of carbonyl (C=O) groups excluding carboxylic acids is 1. The quantitative estimate of drug-likeness (QED) is 0.511. The van der Waals surface area contributed by atoms with Crippen molar-refractivity contribution in [1.82, 2.24) is 20.2 Å². The fourth-order valence-electron chi connectivity index (χ4n) is 2.83. The maximum atomic E-state index is 12.4. The van der Waals surface area contributed by atoms with Gasteiger partial charge in [-0.05, 0) is 36.8 Å². The molecule has 0 saturated carbocycles. The van der Waals surface area contributed by atoms with Crippen LogP contribution in [0.2, 0.25) is 0 Å². The van der Waals surface area contributed by atoms with E-state index in [1.165, 1.54) is 12.3 Å². The third kappa shape index (κ3) is 3.59. The number of nitrogens with one attached hydrogen (secondary N) is 3. The molecule has 0 bridgehead atoms. The van der Waals surface area contributed by atoms with Gasteiger partial charge in [-0.25, -0.2) is 4.98 Å². The van der Waals surface area contributed by atoms with E-state index in [0.717, 1.165) is 11.1 Å². The van der Waals surface area contributed by atoms with Gasteiger partial charge in [0.05, 0.1) is 5.56 Å². The topological polar surface area (TPSA) is 104 Å². The van der Waals surface area contributed by atoms with Gasteiger partial charge in [0.2, 0.25) is 5.56 Å². The molecule has 138 valence electrons. The van der Waals surface area contributed by atoms with Gasteiger partial charge in [0.1, 0.15) is 0 Å². The zero-order chi connectivity index (χ0) is 19.5. The summed E-state index contributed by atoms with van der Waals surface area (Å²) in [5, 5.41) is 10.0. The van der Waals surface area contributed by atoms with Crippen LogP contribution in [0.5, 0.6) is 0 Å². The van der Waals surface area contributed by atoms with Crippen LogP contribution in [-0.4, -0.2) is 26.1 Å². The lowest BCUT2D eigenvalue weighted by Crippen LogP contribution is -2.16. The van der Waals surface area contributed by atoms with Crippen LogP contribution in [0, 0.1) is 6.92 Å². The number of hydrogen-bond acceptors (Lipinski definition) is 4. The molecule has 0 radical (unpaired) electrons. The van der Waals surface area contributed by atoms with Gasteiger partial charge in [-0.3, -0.25) is 14.7 Å². The standard InChI is InChI=1S/C21H17N5O2/c1-13-11-18(27)22-12-17(13)21(28)23-16-9-7-15(8-10-16)20-24-19(25-26-20)14-5-3-2-4-6-14/h2-12H,1H3,(H,22,27)(H,23,28)(H,24,25,26). The smallest absolute Gasteiger partial charge is 0.257 e. The van der Waals surface area contributed by atoms with Crippen molar-refractivity contribution >= 4 is 11.6 Å². The summed E-state index contributed by atoms with van der Waals surface area (Å²) in [7, 11) is 0. The molecule has 7 heteroatoms. The summed E-state index contributed by atoms with van der Waals surface area (Å²) < 4.78 is 0. The number of carbonyl (C=O) groups is 1. The van der Waals surface area contributed by atoms with Gasteiger partial charge >= 0.3 is 0 Å². The third-order valence-corrected chi connectivity index (χ3v) is 4.31. The molecule has 0 aliphatic rings. The Morgan fingerprint density at radius 3 is 2.46 bits per heavy atom. The van der Waals surface area contributed by atoms with Crippen molar-refractivity contribution in [3.63, 3.8) is 0 Å². The number of H-pyrrole nitrogens is 2. The van der Waals surface area contributed by atoms with E-state index in [0.29, 0.717) is 28.5 Å². The largest absolute Gasteiger partial charge is 0.328 e. The molecule has 0 unspecified atom stereocenters. The first-order valence-corrected chi connectivity index (χ1v) is 8.69. The molecule has 0 spiro atoms. The summed E-state index contributed by atoms with van der Waals surface area (Å²) in [5.74, 6) is 0.988. The fraction of sp³-hybridized carbons (Fsp3) is 0.0476. The number of amides is 1. The van der Waals surface area contributed by atoms with E-state index in [4.69, 9.17) is 0 Å². The monoisotopic (exact) mass is 371 g/mol. The second kappa shape index (κ2) is 7.32. The van der Waals surface area contributed by atoms with E-state index in [2.05, 4.69) is 25.5 Å². The zero-order valence-electron chi connectivity index (χ0n) is 15.1. The molecule has 0 aliphatic carbocycles. The number of aromatic amines is 2. The van der Waals surface area contributed by atoms with E-state index < -0.39 is 0 Å². The molecule has 1 amide bonds. The van der Waals surface area contributed by atoms with Gasteiger partial charge in [0, 0.05) is 29.1 Å². The highest BCUT2D eigenvalue weighted by molar-refractivity contribution is 6.05. The summed E-state index contributed by atoms with van der Waals surface area (Å²) in [5.41, 5.74) is 3.24. The number of pyridine rings is 1. The minimum atomic E-state index is -0.285. The van der Waals surface area contributed by atoms with Crippen LogP contribution in [0.25, 0.3) is 22.8 Å². The molecule has 0 fully saturated rings. The lowest BCUT2D eigenvalue weighted by Gasteiger charge is -2.07. The minimum absolute atomic E-state index is 0.236. The van der Waals surface area contributed by atoms with Crippen LogP contribution < -0.4 is 10.9 Å².